The summed E-state index contributed by atoms with van der Waals surface area (Å²) in [5.74, 6) is 0.738. The molecule has 112 valence electrons. The van der Waals surface area contributed by atoms with Crippen molar-refractivity contribution in [2.45, 2.75) is 64.6 Å². The Morgan fingerprint density at radius 1 is 1.25 bits per heavy atom. The Morgan fingerprint density at radius 3 is 2.65 bits per heavy atom. The van der Waals surface area contributed by atoms with Gasteiger partial charge in [0.25, 0.3) is 0 Å². The molecule has 3 unspecified atom stereocenters. The van der Waals surface area contributed by atoms with Gasteiger partial charge in [0.2, 0.25) is 0 Å². The van der Waals surface area contributed by atoms with E-state index in [-0.39, 0.29) is 6.04 Å². The first-order valence-electron chi connectivity index (χ1n) is 8.06. The monoisotopic (exact) mass is 274 g/mol. The van der Waals surface area contributed by atoms with Crippen LogP contribution < -0.4 is 5.73 Å². The Bertz CT molecular complexity index is 427. The van der Waals surface area contributed by atoms with Gasteiger partial charge in [-0.25, -0.2) is 0 Å². The fourth-order valence-electron chi connectivity index (χ4n) is 3.61. The summed E-state index contributed by atoms with van der Waals surface area (Å²) in [6, 6.07) is 9.93. The molecule has 2 nitrogen and oxygen atoms in total. The van der Waals surface area contributed by atoms with Gasteiger partial charge in [0.05, 0.1) is 0 Å². The lowest BCUT2D eigenvalue weighted by Gasteiger charge is -2.37. The topological polar surface area (TPSA) is 29.3 Å². The summed E-state index contributed by atoms with van der Waals surface area (Å²) >= 11 is 0. The molecule has 1 aliphatic carbocycles. The molecule has 0 aliphatic heterocycles. The number of hydrogen-bond acceptors (Lipinski definition) is 2. The number of fused-ring (bicyclic) bond motifs is 1. The second-order valence-corrected chi connectivity index (χ2v) is 6.83. The predicted molar refractivity (Wildman–Crippen MR) is 86.8 cm³/mol. The minimum Gasteiger partial charge on any atom is -0.323 e. The number of rotatable bonds is 4. The summed E-state index contributed by atoms with van der Waals surface area (Å²) < 4.78 is 0. The summed E-state index contributed by atoms with van der Waals surface area (Å²) in [5, 5.41) is 0. The molecule has 0 saturated heterocycles. The van der Waals surface area contributed by atoms with E-state index in [4.69, 9.17) is 5.73 Å². The molecule has 3 atom stereocenters. The van der Waals surface area contributed by atoms with E-state index in [1.165, 1.54) is 36.8 Å². The maximum Gasteiger partial charge on any atom is 0.0455 e. The zero-order chi connectivity index (χ0) is 14.7. The Balaban J connectivity index is 2.16. The average Bonchev–Trinajstić information content (AvgIpc) is 2.57. The van der Waals surface area contributed by atoms with Crippen LogP contribution >= 0.6 is 0 Å². The summed E-state index contributed by atoms with van der Waals surface area (Å²) in [4.78, 5) is 2.52. The van der Waals surface area contributed by atoms with Crippen LogP contribution in [0, 0.1) is 5.92 Å². The maximum atomic E-state index is 6.62. The molecule has 0 saturated carbocycles. The molecule has 0 aromatic heterocycles. The van der Waals surface area contributed by atoms with Crippen LogP contribution in [-0.2, 0) is 6.42 Å². The second-order valence-electron chi connectivity index (χ2n) is 6.83. The fraction of sp³-hybridized carbons (Fsp3) is 0.667. The lowest BCUT2D eigenvalue weighted by atomic mass is 9.94. The van der Waals surface area contributed by atoms with Crippen LogP contribution in [0.1, 0.15) is 57.2 Å². The molecule has 1 aromatic carbocycles. The summed E-state index contributed by atoms with van der Waals surface area (Å²) in [5.41, 5.74) is 9.43. The van der Waals surface area contributed by atoms with E-state index in [9.17, 15) is 0 Å². The Labute approximate surface area is 124 Å². The average molecular weight is 274 g/mol. The minimum atomic E-state index is 0.147. The van der Waals surface area contributed by atoms with Crippen molar-refractivity contribution < 1.29 is 0 Å². The molecule has 0 fully saturated rings. The van der Waals surface area contributed by atoms with Gasteiger partial charge < -0.3 is 5.73 Å². The molecule has 0 heterocycles. The molecule has 2 N–H and O–H groups in total. The number of nitrogens with two attached hydrogens (primary N) is 1. The third kappa shape index (κ3) is 3.42. The van der Waals surface area contributed by atoms with E-state index in [2.05, 4.69) is 57.0 Å². The summed E-state index contributed by atoms with van der Waals surface area (Å²) in [7, 11) is 2.26. The predicted octanol–water partition coefficient (Wildman–Crippen LogP) is 3.76. The Hall–Kier alpha value is -0.860. The highest BCUT2D eigenvalue weighted by Crippen LogP contribution is 2.31. The summed E-state index contributed by atoms with van der Waals surface area (Å²) in [6.07, 6.45) is 4.86. The van der Waals surface area contributed by atoms with Gasteiger partial charge in [-0.3, -0.25) is 4.90 Å². The van der Waals surface area contributed by atoms with Crippen LogP contribution in [0.25, 0.3) is 0 Å². The van der Waals surface area contributed by atoms with Gasteiger partial charge in [0.15, 0.2) is 0 Å². The third-order valence-electron chi connectivity index (χ3n) is 4.81. The van der Waals surface area contributed by atoms with Crippen molar-refractivity contribution in [1.29, 1.82) is 0 Å². The largest absolute Gasteiger partial charge is 0.323 e. The molecule has 0 amide bonds. The molecule has 1 aliphatic rings. The van der Waals surface area contributed by atoms with E-state index in [0.29, 0.717) is 12.1 Å². The van der Waals surface area contributed by atoms with Crippen molar-refractivity contribution in [2.75, 3.05) is 7.05 Å². The van der Waals surface area contributed by atoms with Crippen LogP contribution in [-0.4, -0.2) is 24.0 Å². The molecule has 0 spiro atoms. The van der Waals surface area contributed by atoms with Crippen LogP contribution in [0.2, 0.25) is 0 Å². The Morgan fingerprint density at radius 2 is 1.95 bits per heavy atom. The highest BCUT2D eigenvalue weighted by atomic mass is 15.2. The van der Waals surface area contributed by atoms with Gasteiger partial charge in [-0.1, -0.05) is 38.1 Å². The standard InChI is InChI=1S/C18H30N2/c1-13(2)12-14(3)20(4)17-11-7-9-15-8-5-6-10-16(15)18(17)19/h5-6,8,10,13-14,17-18H,7,9,11-12,19H2,1-4H3. The van der Waals surface area contributed by atoms with Crippen molar-refractivity contribution in [3.8, 4) is 0 Å². The van der Waals surface area contributed by atoms with E-state index < -0.39 is 0 Å². The molecule has 1 aromatic rings. The van der Waals surface area contributed by atoms with E-state index in [1.54, 1.807) is 0 Å². The van der Waals surface area contributed by atoms with Crippen LogP contribution in [0.3, 0.4) is 0 Å². The molecule has 0 bridgehead atoms. The van der Waals surface area contributed by atoms with Crippen molar-refractivity contribution in [2.24, 2.45) is 11.7 Å². The van der Waals surface area contributed by atoms with Crippen LogP contribution in [0.5, 0.6) is 0 Å². The van der Waals surface area contributed by atoms with Gasteiger partial charge in [-0.2, -0.15) is 0 Å². The van der Waals surface area contributed by atoms with Gasteiger partial charge in [0, 0.05) is 18.1 Å². The van der Waals surface area contributed by atoms with Gasteiger partial charge in [0.1, 0.15) is 0 Å². The molecule has 20 heavy (non-hydrogen) atoms. The second kappa shape index (κ2) is 6.73. The maximum absolute atomic E-state index is 6.62. The van der Waals surface area contributed by atoms with Crippen molar-refractivity contribution in [3.63, 3.8) is 0 Å². The van der Waals surface area contributed by atoms with Crippen molar-refractivity contribution >= 4 is 0 Å². The quantitative estimate of drug-likeness (QED) is 0.847. The van der Waals surface area contributed by atoms with Gasteiger partial charge in [-0.05, 0) is 56.7 Å². The minimum absolute atomic E-state index is 0.147. The number of hydrogen-bond donors (Lipinski definition) is 1. The lowest BCUT2D eigenvalue weighted by Crippen LogP contribution is -2.45. The molecular formula is C18H30N2. The number of benzene rings is 1. The highest BCUT2D eigenvalue weighted by molar-refractivity contribution is 5.32. The first kappa shape index (κ1) is 15.5. The number of nitrogens with zero attached hydrogens (tertiary/aromatic N) is 1. The van der Waals surface area contributed by atoms with Gasteiger partial charge in [-0.15, -0.1) is 0 Å². The van der Waals surface area contributed by atoms with E-state index in [0.717, 1.165) is 5.92 Å². The first-order valence-corrected chi connectivity index (χ1v) is 8.06. The summed E-state index contributed by atoms with van der Waals surface area (Å²) in [6.45, 7) is 6.93. The van der Waals surface area contributed by atoms with Crippen LogP contribution in [0.15, 0.2) is 24.3 Å². The van der Waals surface area contributed by atoms with Gasteiger partial charge >= 0.3 is 0 Å². The number of likely N-dealkylation sites (N-methyl/N-ethyl adjacent to an activating group) is 1. The molecule has 0 radical (unpaired) electrons. The molecule has 2 rings (SSSR count). The zero-order valence-corrected chi connectivity index (χ0v) is 13.5. The van der Waals surface area contributed by atoms with E-state index >= 15 is 0 Å². The van der Waals surface area contributed by atoms with Crippen molar-refractivity contribution in [1.82, 2.24) is 4.90 Å². The first-order chi connectivity index (χ1) is 9.50. The Kier molecular flexibility index (Phi) is 5.22. The number of aryl methyl sites for hydroxylation is 1. The third-order valence-corrected chi connectivity index (χ3v) is 4.81. The normalized spacial score (nSPS) is 24.6. The van der Waals surface area contributed by atoms with Crippen molar-refractivity contribution in [3.05, 3.63) is 35.4 Å². The lowest BCUT2D eigenvalue weighted by molar-refractivity contribution is 0.136. The zero-order valence-electron chi connectivity index (χ0n) is 13.5. The highest BCUT2D eigenvalue weighted by Gasteiger charge is 2.29. The smallest absolute Gasteiger partial charge is 0.0455 e. The van der Waals surface area contributed by atoms with Crippen LogP contribution in [0.4, 0.5) is 0 Å². The SMILES string of the molecule is CC(C)CC(C)N(C)C1CCCc2ccccc2C1N. The fourth-order valence-corrected chi connectivity index (χ4v) is 3.61. The molecular weight excluding hydrogens is 244 g/mol. The molecule has 2 heteroatoms. The van der Waals surface area contributed by atoms with E-state index in [1.807, 2.05) is 0 Å².